The zero-order chi connectivity index (χ0) is 36.7. The first kappa shape index (κ1) is 37.8. The third-order valence-corrected chi connectivity index (χ3v) is 11.6. The van der Waals surface area contributed by atoms with Crippen LogP contribution in [0, 0.1) is 13.8 Å². The molecule has 3 heteroatoms. The SMILES string of the molecule is CCCCCCCCC1(CCCCCCCC)c2cc(C)ccc2-c2c(-c3nnc(-c4ccc(C(C)(C)C)cc4)o3)cc(-c3ccc(C)cc3)cc21. The quantitative estimate of drug-likeness (QED) is 0.0910. The lowest BCUT2D eigenvalue weighted by atomic mass is 9.70. The van der Waals surface area contributed by atoms with Gasteiger partial charge in [0.05, 0.1) is 0 Å². The van der Waals surface area contributed by atoms with Crippen LogP contribution >= 0.6 is 0 Å². The van der Waals surface area contributed by atoms with E-state index in [4.69, 9.17) is 9.52 Å². The summed E-state index contributed by atoms with van der Waals surface area (Å²) in [5, 5.41) is 9.44. The van der Waals surface area contributed by atoms with Crippen molar-refractivity contribution < 1.29 is 4.42 Å². The van der Waals surface area contributed by atoms with Crippen molar-refractivity contribution in [2.45, 2.75) is 149 Å². The van der Waals surface area contributed by atoms with Gasteiger partial charge in [-0.3, -0.25) is 0 Å². The van der Waals surface area contributed by atoms with Crippen LogP contribution in [0.25, 0.3) is 45.2 Å². The average molecular weight is 695 g/mol. The van der Waals surface area contributed by atoms with E-state index in [1.54, 1.807) is 0 Å². The lowest BCUT2D eigenvalue weighted by Crippen LogP contribution is -2.26. The lowest BCUT2D eigenvalue weighted by molar-refractivity contribution is 0.398. The molecule has 3 nitrogen and oxygen atoms in total. The van der Waals surface area contributed by atoms with Gasteiger partial charge in [-0.1, -0.05) is 177 Å². The molecule has 0 aliphatic heterocycles. The second kappa shape index (κ2) is 16.8. The van der Waals surface area contributed by atoms with E-state index in [0.29, 0.717) is 11.8 Å². The predicted octanol–water partition coefficient (Wildman–Crippen LogP) is 14.8. The minimum Gasteiger partial charge on any atom is -0.416 e. The molecule has 0 fully saturated rings. The monoisotopic (exact) mass is 694 g/mol. The van der Waals surface area contributed by atoms with Crippen LogP contribution in [0.1, 0.15) is 152 Å². The van der Waals surface area contributed by atoms with Gasteiger partial charge in [-0.2, -0.15) is 0 Å². The van der Waals surface area contributed by atoms with Gasteiger partial charge in [-0.05, 0) is 95.3 Å². The Labute approximate surface area is 314 Å². The summed E-state index contributed by atoms with van der Waals surface area (Å²) < 4.78 is 6.67. The van der Waals surface area contributed by atoms with Gasteiger partial charge >= 0.3 is 0 Å². The van der Waals surface area contributed by atoms with Crippen molar-refractivity contribution in [2.75, 3.05) is 0 Å². The van der Waals surface area contributed by atoms with Crippen LogP contribution in [0.4, 0.5) is 0 Å². The lowest BCUT2D eigenvalue weighted by Gasteiger charge is -2.33. The molecule has 5 aromatic rings. The maximum atomic E-state index is 6.67. The number of nitrogens with zero attached hydrogens (tertiary/aromatic N) is 2. The fourth-order valence-corrected chi connectivity index (χ4v) is 8.45. The molecule has 0 N–H and O–H groups in total. The molecule has 1 aliphatic rings. The average Bonchev–Trinajstić information content (AvgIpc) is 3.73. The third kappa shape index (κ3) is 8.30. The van der Waals surface area contributed by atoms with Crippen LogP contribution in [0.2, 0.25) is 0 Å². The van der Waals surface area contributed by atoms with Crippen LogP contribution in [0.5, 0.6) is 0 Å². The van der Waals surface area contributed by atoms with E-state index in [-0.39, 0.29) is 10.8 Å². The number of unbranched alkanes of at least 4 members (excludes halogenated alkanes) is 10. The number of fused-ring (bicyclic) bond motifs is 3. The molecule has 0 saturated heterocycles. The van der Waals surface area contributed by atoms with E-state index >= 15 is 0 Å². The summed E-state index contributed by atoms with van der Waals surface area (Å²) in [6, 6.07) is 29.6. The second-order valence-corrected chi connectivity index (χ2v) is 16.7. The molecule has 1 aliphatic carbocycles. The maximum absolute atomic E-state index is 6.67. The van der Waals surface area contributed by atoms with Crippen molar-refractivity contribution in [2.24, 2.45) is 0 Å². The number of benzene rings is 4. The van der Waals surface area contributed by atoms with Crippen LogP contribution in [0.3, 0.4) is 0 Å². The number of aromatic nitrogens is 2. The highest BCUT2D eigenvalue weighted by Crippen LogP contribution is 2.58. The summed E-state index contributed by atoms with van der Waals surface area (Å²) >= 11 is 0. The normalized spacial score (nSPS) is 13.4. The van der Waals surface area contributed by atoms with Gasteiger partial charge in [-0.25, -0.2) is 0 Å². The van der Waals surface area contributed by atoms with Crippen molar-refractivity contribution in [1.29, 1.82) is 0 Å². The molecule has 0 amide bonds. The summed E-state index contributed by atoms with van der Waals surface area (Å²) in [6.07, 6.45) is 18.0. The first-order chi connectivity index (χ1) is 25.1. The van der Waals surface area contributed by atoms with Gasteiger partial charge in [0.1, 0.15) is 0 Å². The van der Waals surface area contributed by atoms with E-state index in [1.165, 1.54) is 140 Å². The van der Waals surface area contributed by atoms with E-state index in [9.17, 15) is 0 Å². The number of hydrogen-bond donors (Lipinski definition) is 0. The van der Waals surface area contributed by atoms with Gasteiger partial charge in [-0.15, -0.1) is 10.2 Å². The first-order valence-corrected chi connectivity index (χ1v) is 20.5. The van der Waals surface area contributed by atoms with Crippen molar-refractivity contribution in [3.63, 3.8) is 0 Å². The van der Waals surface area contributed by atoms with Gasteiger partial charge in [0, 0.05) is 16.5 Å². The minimum absolute atomic E-state index is 0.0483. The van der Waals surface area contributed by atoms with Crippen LogP contribution in [0.15, 0.2) is 83.3 Å². The highest BCUT2D eigenvalue weighted by atomic mass is 16.4. The van der Waals surface area contributed by atoms with Crippen molar-refractivity contribution in [1.82, 2.24) is 10.2 Å². The fraction of sp³-hybridized carbons (Fsp3) is 0.469. The first-order valence-electron chi connectivity index (χ1n) is 20.5. The molecule has 0 unspecified atom stereocenters. The predicted molar refractivity (Wildman–Crippen MR) is 221 cm³/mol. The van der Waals surface area contributed by atoms with E-state index in [1.807, 2.05) is 0 Å². The molecule has 274 valence electrons. The molecule has 0 bridgehead atoms. The van der Waals surface area contributed by atoms with Gasteiger partial charge < -0.3 is 4.42 Å². The standard InChI is InChI=1S/C49H62N2O/c1-8-10-12-14-16-18-30-49(31-19-17-15-13-11-9-2)43-32-36(4)22-29-41(43)45-42(33-39(34-44(45)49)37-23-20-35(3)21-24-37)47-51-50-46(52-47)38-25-27-40(28-26-38)48(5,6)7/h20-29,32-34H,8-19,30-31H2,1-7H3. The number of hydrogen-bond acceptors (Lipinski definition) is 3. The molecule has 4 aromatic carbocycles. The van der Waals surface area contributed by atoms with E-state index in [2.05, 4.69) is 132 Å². The Bertz CT molecular complexity index is 1890. The summed E-state index contributed by atoms with van der Waals surface area (Å²) in [7, 11) is 0. The summed E-state index contributed by atoms with van der Waals surface area (Å²) in [6.45, 7) is 15.8. The zero-order valence-electron chi connectivity index (χ0n) is 33.2. The van der Waals surface area contributed by atoms with Crippen molar-refractivity contribution in [3.05, 3.63) is 107 Å². The second-order valence-electron chi connectivity index (χ2n) is 16.7. The summed E-state index contributed by atoms with van der Waals surface area (Å²) in [5.41, 5.74) is 14.0. The molecule has 0 radical (unpaired) electrons. The van der Waals surface area contributed by atoms with Crippen LogP contribution < -0.4 is 0 Å². The molecule has 52 heavy (non-hydrogen) atoms. The molecule has 0 saturated carbocycles. The molecule has 0 spiro atoms. The molecular formula is C49H62N2O. The topological polar surface area (TPSA) is 38.9 Å². The fourth-order valence-electron chi connectivity index (χ4n) is 8.45. The Morgan fingerprint density at radius 3 is 1.69 bits per heavy atom. The number of aryl methyl sites for hydroxylation is 2. The highest BCUT2D eigenvalue weighted by Gasteiger charge is 2.44. The Kier molecular flexibility index (Phi) is 12.2. The Balaban J connectivity index is 1.49. The molecular weight excluding hydrogens is 633 g/mol. The Morgan fingerprint density at radius 2 is 1.08 bits per heavy atom. The largest absolute Gasteiger partial charge is 0.416 e. The van der Waals surface area contributed by atoms with Crippen LogP contribution in [-0.2, 0) is 10.8 Å². The van der Waals surface area contributed by atoms with Gasteiger partial charge in [0.2, 0.25) is 11.8 Å². The highest BCUT2D eigenvalue weighted by molar-refractivity contribution is 5.94. The van der Waals surface area contributed by atoms with Crippen molar-refractivity contribution >= 4 is 0 Å². The molecule has 1 aromatic heterocycles. The number of rotatable bonds is 17. The molecule has 0 atom stereocenters. The smallest absolute Gasteiger partial charge is 0.248 e. The molecule has 1 heterocycles. The maximum Gasteiger partial charge on any atom is 0.248 e. The van der Waals surface area contributed by atoms with Crippen molar-refractivity contribution in [3.8, 4) is 45.2 Å². The van der Waals surface area contributed by atoms with Gasteiger partial charge in [0.25, 0.3) is 0 Å². The van der Waals surface area contributed by atoms with Crippen LogP contribution in [-0.4, -0.2) is 10.2 Å². The van der Waals surface area contributed by atoms with Gasteiger partial charge in [0.15, 0.2) is 0 Å². The third-order valence-electron chi connectivity index (χ3n) is 11.6. The molecule has 6 rings (SSSR count). The van der Waals surface area contributed by atoms with E-state index < -0.39 is 0 Å². The van der Waals surface area contributed by atoms with E-state index in [0.717, 1.165) is 11.1 Å². The Hall–Kier alpha value is -3.98. The summed E-state index contributed by atoms with van der Waals surface area (Å²) in [4.78, 5) is 0. The summed E-state index contributed by atoms with van der Waals surface area (Å²) in [5.74, 6) is 1.17. The zero-order valence-corrected chi connectivity index (χ0v) is 33.2. The Morgan fingerprint density at radius 1 is 0.519 bits per heavy atom. The minimum atomic E-state index is -0.0483.